The second-order valence-corrected chi connectivity index (χ2v) is 5.39. The Bertz CT molecular complexity index is 528. The third-order valence-corrected chi connectivity index (χ3v) is 3.80. The second kappa shape index (κ2) is 4.37. The third kappa shape index (κ3) is 2.41. The number of nitrogens with one attached hydrogen (secondary N) is 1. The van der Waals surface area contributed by atoms with Gasteiger partial charge in [-0.15, -0.1) is 11.3 Å². The first-order valence-corrected chi connectivity index (χ1v) is 6.28. The summed E-state index contributed by atoms with van der Waals surface area (Å²) in [6.07, 6.45) is 1.79. The molecule has 2 heterocycles. The molecule has 0 bridgehead atoms. The van der Waals surface area contributed by atoms with E-state index in [1.54, 1.807) is 22.2 Å². The van der Waals surface area contributed by atoms with Crippen LogP contribution in [0.1, 0.15) is 28.5 Å². The van der Waals surface area contributed by atoms with Crippen molar-refractivity contribution in [1.29, 1.82) is 0 Å². The summed E-state index contributed by atoms with van der Waals surface area (Å²) >= 11 is 1.71. The van der Waals surface area contributed by atoms with Gasteiger partial charge >= 0.3 is 0 Å². The molecular weight excluding hydrogens is 234 g/mol. The average molecular weight is 251 g/mol. The van der Waals surface area contributed by atoms with Crippen LogP contribution in [0.2, 0.25) is 0 Å². The number of hydrogen-bond donors (Lipinski definition) is 2. The molecule has 0 fully saturated rings. The van der Waals surface area contributed by atoms with Gasteiger partial charge in [0, 0.05) is 18.1 Å². The van der Waals surface area contributed by atoms with Crippen LogP contribution in [0.5, 0.6) is 0 Å². The first kappa shape index (κ1) is 11.9. The summed E-state index contributed by atoms with van der Waals surface area (Å²) in [5, 5.41) is 8.68. The smallest absolute Gasteiger partial charge is 0.171 e. The first-order chi connectivity index (χ1) is 7.97. The lowest BCUT2D eigenvalue weighted by molar-refractivity contribution is 0.761. The quantitative estimate of drug-likeness (QED) is 0.878. The van der Waals surface area contributed by atoms with E-state index in [-0.39, 0.29) is 6.04 Å². The van der Waals surface area contributed by atoms with E-state index in [1.807, 2.05) is 20.9 Å². The van der Waals surface area contributed by atoms with Crippen molar-refractivity contribution in [2.75, 3.05) is 11.1 Å². The topological polar surface area (TPSA) is 68.8 Å². The summed E-state index contributed by atoms with van der Waals surface area (Å²) in [4.78, 5) is 5.65. The van der Waals surface area contributed by atoms with Crippen molar-refractivity contribution in [3.63, 3.8) is 0 Å². The molecule has 0 aliphatic carbocycles. The Kier molecular flexibility index (Phi) is 3.06. The van der Waals surface area contributed by atoms with Crippen molar-refractivity contribution >= 4 is 22.8 Å². The van der Waals surface area contributed by atoms with Crippen molar-refractivity contribution in [2.45, 2.75) is 26.8 Å². The van der Waals surface area contributed by atoms with Gasteiger partial charge in [-0.1, -0.05) is 0 Å². The minimum Gasteiger partial charge on any atom is -0.394 e. The number of nitrogens with two attached hydrogens (primary N) is 1. The average Bonchev–Trinajstić information content (AvgIpc) is 2.70. The highest BCUT2D eigenvalue weighted by atomic mass is 32.1. The Hall–Kier alpha value is -1.56. The lowest BCUT2D eigenvalue weighted by Crippen LogP contribution is -2.08. The molecule has 6 heteroatoms. The van der Waals surface area contributed by atoms with Crippen LogP contribution in [0.25, 0.3) is 0 Å². The standard InChI is InChI=1S/C11H17N5S/c1-6-10(17-8(3)13-6)7(2)14-11-9(12)5-16(4)15-11/h5,7H,12H2,1-4H3,(H,14,15). The lowest BCUT2D eigenvalue weighted by atomic mass is 10.2. The fourth-order valence-corrected chi connectivity index (χ4v) is 2.77. The van der Waals surface area contributed by atoms with Crippen molar-refractivity contribution in [2.24, 2.45) is 7.05 Å². The molecule has 3 N–H and O–H groups in total. The molecule has 0 aliphatic heterocycles. The zero-order valence-corrected chi connectivity index (χ0v) is 11.3. The Labute approximate surface area is 105 Å². The molecule has 0 saturated carbocycles. The maximum Gasteiger partial charge on any atom is 0.171 e. The summed E-state index contributed by atoms with van der Waals surface area (Å²) in [6, 6.07) is 0.165. The maximum absolute atomic E-state index is 5.85. The van der Waals surface area contributed by atoms with Gasteiger partial charge in [0.1, 0.15) is 0 Å². The van der Waals surface area contributed by atoms with Crippen LogP contribution >= 0.6 is 11.3 Å². The van der Waals surface area contributed by atoms with E-state index in [0.29, 0.717) is 5.69 Å². The van der Waals surface area contributed by atoms with Crippen LogP contribution in [0, 0.1) is 13.8 Å². The summed E-state index contributed by atoms with van der Waals surface area (Å²) in [6.45, 7) is 6.13. The van der Waals surface area contributed by atoms with Gasteiger partial charge in [-0.2, -0.15) is 5.10 Å². The Balaban J connectivity index is 2.19. The van der Waals surface area contributed by atoms with Gasteiger partial charge in [0.05, 0.1) is 22.4 Å². The van der Waals surface area contributed by atoms with Crippen LogP contribution in [0.3, 0.4) is 0 Å². The predicted octanol–water partition coefficient (Wildman–Crippen LogP) is 2.25. The summed E-state index contributed by atoms with van der Waals surface area (Å²) < 4.78 is 1.70. The molecule has 0 saturated heterocycles. The van der Waals surface area contributed by atoms with Crippen LogP contribution < -0.4 is 11.1 Å². The number of anilines is 2. The number of thiazole rings is 1. The largest absolute Gasteiger partial charge is 0.394 e. The number of aryl methyl sites for hydroxylation is 3. The van der Waals surface area contributed by atoms with Gasteiger partial charge in [-0.05, 0) is 20.8 Å². The molecule has 2 aromatic heterocycles. The first-order valence-electron chi connectivity index (χ1n) is 5.47. The fourth-order valence-electron chi connectivity index (χ4n) is 1.84. The molecule has 1 atom stereocenters. The molecule has 92 valence electrons. The van der Waals surface area contributed by atoms with Crippen LogP contribution in [-0.4, -0.2) is 14.8 Å². The molecular formula is C11H17N5S. The molecule has 0 aliphatic rings. The third-order valence-electron chi connectivity index (χ3n) is 2.54. The van der Waals surface area contributed by atoms with Gasteiger partial charge in [0.25, 0.3) is 0 Å². The highest BCUT2D eigenvalue weighted by molar-refractivity contribution is 7.11. The van der Waals surface area contributed by atoms with Gasteiger partial charge in [0.15, 0.2) is 5.82 Å². The summed E-state index contributed by atoms with van der Waals surface area (Å²) in [5.74, 6) is 0.727. The number of hydrogen-bond acceptors (Lipinski definition) is 5. The number of nitrogens with zero attached hydrogens (tertiary/aromatic N) is 3. The normalized spacial score (nSPS) is 12.7. The molecule has 0 aromatic carbocycles. The molecule has 5 nitrogen and oxygen atoms in total. The number of rotatable bonds is 3. The van der Waals surface area contributed by atoms with E-state index in [0.717, 1.165) is 16.5 Å². The maximum atomic E-state index is 5.85. The van der Waals surface area contributed by atoms with Crippen molar-refractivity contribution < 1.29 is 0 Å². The highest BCUT2D eigenvalue weighted by Gasteiger charge is 2.15. The van der Waals surface area contributed by atoms with Crippen LogP contribution in [-0.2, 0) is 7.05 Å². The molecule has 2 rings (SSSR count). The molecule has 0 spiro atoms. The van der Waals surface area contributed by atoms with Gasteiger partial charge in [-0.3, -0.25) is 4.68 Å². The molecule has 0 radical (unpaired) electrons. The van der Waals surface area contributed by atoms with Gasteiger partial charge in [-0.25, -0.2) is 4.98 Å². The van der Waals surface area contributed by atoms with E-state index in [2.05, 4.69) is 22.3 Å². The van der Waals surface area contributed by atoms with Crippen molar-refractivity contribution in [3.8, 4) is 0 Å². The zero-order chi connectivity index (χ0) is 12.6. The van der Waals surface area contributed by atoms with E-state index in [1.165, 1.54) is 4.88 Å². The highest BCUT2D eigenvalue weighted by Crippen LogP contribution is 2.28. The van der Waals surface area contributed by atoms with Crippen molar-refractivity contribution in [1.82, 2.24) is 14.8 Å². The van der Waals surface area contributed by atoms with Crippen molar-refractivity contribution in [3.05, 3.63) is 21.8 Å². The Morgan fingerprint density at radius 3 is 2.65 bits per heavy atom. The van der Waals surface area contributed by atoms with E-state index < -0.39 is 0 Å². The SMILES string of the molecule is Cc1nc(C)c(C(C)Nc2nn(C)cc2N)s1. The summed E-state index contributed by atoms with van der Waals surface area (Å²) in [7, 11) is 1.86. The summed E-state index contributed by atoms with van der Waals surface area (Å²) in [5.41, 5.74) is 7.59. The lowest BCUT2D eigenvalue weighted by Gasteiger charge is -2.12. The van der Waals surface area contributed by atoms with E-state index in [4.69, 9.17) is 5.73 Å². The van der Waals surface area contributed by atoms with Crippen LogP contribution in [0.4, 0.5) is 11.5 Å². The fraction of sp³-hybridized carbons (Fsp3) is 0.455. The monoisotopic (exact) mass is 251 g/mol. The van der Waals surface area contributed by atoms with Gasteiger partial charge in [0.2, 0.25) is 0 Å². The Morgan fingerprint density at radius 2 is 2.18 bits per heavy atom. The predicted molar refractivity (Wildman–Crippen MR) is 71.2 cm³/mol. The zero-order valence-electron chi connectivity index (χ0n) is 10.5. The second-order valence-electron chi connectivity index (χ2n) is 4.16. The number of nitrogen functional groups attached to an aromatic ring is 1. The van der Waals surface area contributed by atoms with Crippen LogP contribution in [0.15, 0.2) is 6.20 Å². The number of aromatic nitrogens is 3. The molecule has 1 unspecified atom stereocenters. The molecule has 0 amide bonds. The molecule has 2 aromatic rings. The molecule has 17 heavy (non-hydrogen) atoms. The van der Waals surface area contributed by atoms with Gasteiger partial charge < -0.3 is 11.1 Å². The Morgan fingerprint density at radius 1 is 1.47 bits per heavy atom. The minimum atomic E-state index is 0.165. The van der Waals surface area contributed by atoms with E-state index >= 15 is 0 Å². The minimum absolute atomic E-state index is 0.165. The van der Waals surface area contributed by atoms with E-state index in [9.17, 15) is 0 Å².